The minimum absolute atomic E-state index is 0.0757. The molecule has 0 spiro atoms. The lowest BCUT2D eigenvalue weighted by molar-refractivity contribution is -0.385. The Morgan fingerprint density at radius 1 is 1.33 bits per heavy atom. The van der Waals surface area contributed by atoms with Crippen molar-refractivity contribution in [3.05, 3.63) is 40.3 Å². The standard InChI is InChI=1S/C23H34N4O6/c1-2-32-23-18(8-5-13-28)19(16-6-3-4-7-16)14-20(33-23)22(29)25-12-11-24-21-10-9-17(15-26-21)27(30)31/h9-10,14-16,18-19,23,28H,2-8,11-13H2,1H3,(H,24,26)(H,25,29)/t18-,19-,23-/m1/s1. The molecule has 1 aromatic rings. The van der Waals surface area contributed by atoms with Crippen molar-refractivity contribution in [2.75, 3.05) is 31.6 Å². The third-order valence-electron chi connectivity index (χ3n) is 6.30. The summed E-state index contributed by atoms with van der Waals surface area (Å²) in [5, 5.41) is 25.9. The maximum Gasteiger partial charge on any atom is 0.287 e. The molecule has 3 N–H and O–H groups in total. The highest BCUT2D eigenvalue weighted by Crippen LogP contribution is 2.43. The monoisotopic (exact) mass is 462 g/mol. The first kappa shape index (κ1) is 24.9. The first-order chi connectivity index (χ1) is 16.0. The molecule has 33 heavy (non-hydrogen) atoms. The SMILES string of the molecule is CCO[C@@H]1OC(C(=O)NCCNc2ccc([N+](=O)[O-])cn2)=C[C@H](C2CCCC2)[C@H]1CCCO. The summed E-state index contributed by atoms with van der Waals surface area (Å²) < 4.78 is 11.9. The summed E-state index contributed by atoms with van der Waals surface area (Å²) in [5.41, 5.74) is -0.0757. The van der Waals surface area contributed by atoms with Crippen LogP contribution in [0.25, 0.3) is 0 Å². The highest BCUT2D eigenvalue weighted by atomic mass is 16.7. The summed E-state index contributed by atoms with van der Waals surface area (Å²) in [6.07, 6.45) is 8.80. The lowest BCUT2D eigenvalue weighted by Crippen LogP contribution is -2.42. The molecule has 1 aliphatic heterocycles. The first-order valence-electron chi connectivity index (χ1n) is 11.8. The van der Waals surface area contributed by atoms with Gasteiger partial charge in [0.15, 0.2) is 5.76 Å². The largest absolute Gasteiger partial charge is 0.459 e. The molecule has 0 unspecified atom stereocenters. The third kappa shape index (κ3) is 6.88. The quantitative estimate of drug-likeness (QED) is 0.245. The van der Waals surface area contributed by atoms with Crippen LogP contribution < -0.4 is 10.6 Å². The minimum atomic E-state index is -0.502. The van der Waals surface area contributed by atoms with Crippen molar-refractivity contribution in [2.45, 2.75) is 51.7 Å². The molecular formula is C23H34N4O6. The van der Waals surface area contributed by atoms with Crippen LogP contribution in [-0.2, 0) is 14.3 Å². The van der Waals surface area contributed by atoms with Crippen molar-refractivity contribution in [3.8, 4) is 0 Å². The molecule has 0 radical (unpaired) electrons. The van der Waals surface area contributed by atoms with E-state index in [0.717, 1.165) is 19.3 Å². The van der Waals surface area contributed by atoms with Gasteiger partial charge in [-0.3, -0.25) is 14.9 Å². The Hall–Kier alpha value is -2.72. The predicted octanol–water partition coefficient (Wildman–Crippen LogP) is 2.99. The Morgan fingerprint density at radius 3 is 2.76 bits per heavy atom. The number of aliphatic hydroxyl groups excluding tert-OH is 1. The van der Waals surface area contributed by atoms with Gasteiger partial charge in [0.25, 0.3) is 11.6 Å². The molecule has 1 saturated carbocycles. The van der Waals surface area contributed by atoms with Crippen molar-refractivity contribution >= 4 is 17.4 Å². The Morgan fingerprint density at radius 2 is 2.12 bits per heavy atom. The Bertz CT molecular complexity index is 810. The van der Waals surface area contributed by atoms with Crippen molar-refractivity contribution < 1.29 is 24.3 Å². The summed E-state index contributed by atoms with van der Waals surface area (Å²) in [7, 11) is 0. The van der Waals surface area contributed by atoms with Crippen LogP contribution >= 0.6 is 0 Å². The molecule has 2 aliphatic rings. The maximum atomic E-state index is 12.8. The van der Waals surface area contributed by atoms with Crippen LogP contribution in [0.4, 0.5) is 11.5 Å². The number of anilines is 1. The number of amides is 1. The van der Waals surface area contributed by atoms with Gasteiger partial charge in [-0.05, 0) is 56.6 Å². The molecule has 0 saturated heterocycles. The van der Waals surface area contributed by atoms with E-state index in [0.29, 0.717) is 43.6 Å². The summed E-state index contributed by atoms with van der Waals surface area (Å²) in [4.78, 5) is 27.0. The van der Waals surface area contributed by atoms with Gasteiger partial charge in [0, 0.05) is 38.3 Å². The van der Waals surface area contributed by atoms with Gasteiger partial charge >= 0.3 is 0 Å². The number of hydrogen-bond donors (Lipinski definition) is 3. The highest BCUT2D eigenvalue weighted by Gasteiger charge is 2.41. The van der Waals surface area contributed by atoms with Gasteiger partial charge in [0.05, 0.1) is 4.92 Å². The van der Waals surface area contributed by atoms with Crippen molar-refractivity contribution in [2.24, 2.45) is 17.8 Å². The summed E-state index contributed by atoms with van der Waals surface area (Å²) in [6.45, 7) is 3.26. The van der Waals surface area contributed by atoms with Crippen molar-refractivity contribution in [3.63, 3.8) is 0 Å². The lowest BCUT2D eigenvalue weighted by Gasteiger charge is -2.39. The molecule has 1 amide bonds. The molecule has 1 fully saturated rings. The van der Waals surface area contributed by atoms with Gasteiger partial charge in [-0.2, -0.15) is 0 Å². The van der Waals surface area contributed by atoms with Gasteiger partial charge < -0.3 is 25.2 Å². The molecule has 1 aliphatic carbocycles. The summed E-state index contributed by atoms with van der Waals surface area (Å²) >= 11 is 0. The van der Waals surface area contributed by atoms with Crippen LogP contribution in [0, 0.1) is 27.9 Å². The highest BCUT2D eigenvalue weighted by molar-refractivity contribution is 5.91. The Balaban J connectivity index is 1.59. The number of aromatic nitrogens is 1. The third-order valence-corrected chi connectivity index (χ3v) is 6.30. The molecule has 3 atom stereocenters. The summed E-state index contributed by atoms with van der Waals surface area (Å²) in [5.74, 6) is 1.30. The zero-order chi connectivity index (χ0) is 23.6. The molecule has 2 heterocycles. The number of nitrogens with zero attached hydrogens (tertiary/aromatic N) is 2. The number of ether oxygens (including phenoxy) is 2. The zero-order valence-corrected chi connectivity index (χ0v) is 19.1. The predicted molar refractivity (Wildman–Crippen MR) is 122 cm³/mol. The topological polar surface area (TPSA) is 136 Å². The van der Waals surface area contributed by atoms with Crippen molar-refractivity contribution in [1.82, 2.24) is 10.3 Å². The second-order valence-corrected chi connectivity index (χ2v) is 8.47. The van der Waals surface area contributed by atoms with E-state index >= 15 is 0 Å². The average molecular weight is 463 g/mol. The second-order valence-electron chi connectivity index (χ2n) is 8.47. The normalized spacial score (nSPS) is 23.0. The molecule has 0 bridgehead atoms. The molecule has 1 aromatic heterocycles. The number of carbonyl (C=O) groups is 1. The molecule has 10 nitrogen and oxygen atoms in total. The van der Waals surface area contributed by atoms with Crippen LogP contribution in [0.3, 0.4) is 0 Å². The number of pyridine rings is 1. The molecule has 0 aromatic carbocycles. The van der Waals surface area contributed by atoms with Crippen LogP contribution in [0.5, 0.6) is 0 Å². The number of nitrogens with one attached hydrogen (secondary N) is 2. The van der Waals surface area contributed by atoms with Crippen LogP contribution in [0.15, 0.2) is 30.2 Å². The fraction of sp³-hybridized carbons (Fsp3) is 0.652. The van der Waals surface area contributed by atoms with E-state index in [1.165, 1.54) is 31.2 Å². The van der Waals surface area contributed by atoms with Crippen LogP contribution in [0.2, 0.25) is 0 Å². The molecular weight excluding hydrogens is 428 g/mol. The molecule has 3 rings (SSSR count). The number of rotatable bonds is 12. The van der Waals surface area contributed by atoms with Gasteiger partial charge in [0.1, 0.15) is 12.0 Å². The summed E-state index contributed by atoms with van der Waals surface area (Å²) in [6, 6.07) is 2.90. The fourth-order valence-electron chi connectivity index (χ4n) is 4.72. The Kier molecular flexibility index (Phi) is 9.44. The number of carbonyl (C=O) groups excluding carboxylic acids is 1. The van der Waals surface area contributed by atoms with E-state index in [-0.39, 0.29) is 30.0 Å². The molecule has 182 valence electrons. The van der Waals surface area contributed by atoms with E-state index in [1.54, 1.807) is 0 Å². The van der Waals surface area contributed by atoms with E-state index < -0.39 is 11.2 Å². The number of aliphatic hydroxyl groups is 1. The van der Waals surface area contributed by atoms with E-state index in [4.69, 9.17) is 9.47 Å². The molecule has 10 heteroatoms. The fourth-order valence-corrected chi connectivity index (χ4v) is 4.72. The van der Waals surface area contributed by atoms with Crippen LogP contribution in [-0.4, -0.2) is 53.5 Å². The van der Waals surface area contributed by atoms with E-state index in [9.17, 15) is 20.0 Å². The Labute approximate surface area is 193 Å². The smallest absolute Gasteiger partial charge is 0.287 e. The van der Waals surface area contributed by atoms with Crippen LogP contribution in [0.1, 0.15) is 45.4 Å². The second kappa shape index (κ2) is 12.5. The van der Waals surface area contributed by atoms with Gasteiger partial charge in [-0.15, -0.1) is 0 Å². The number of allylic oxidation sites excluding steroid dienone is 1. The average Bonchev–Trinajstić information content (AvgIpc) is 3.36. The van der Waals surface area contributed by atoms with Gasteiger partial charge in [-0.25, -0.2) is 4.98 Å². The first-order valence-corrected chi connectivity index (χ1v) is 11.8. The van der Waals surface area contributed by atoms with Crippen molar-refractivity contribution in [1.29, 1.82) is 0 Å². The maximum absolute atomic E-state index is 12.8. The van der Waals surface area contributed by atoms with Gasteiger partial charge in [0.2, 0.25) is 6.29 Å². The minimum Gasteiger partial charge on any atom is -0.459 e. The number of hydrogen-bond acceptors (Lipinski definition) is 8. The zero-order valence-electron chi connectivity index (χ0n) is 19.1. The van der Waals surface area contributed by atoms with E-state index in [2.05, 4.69) is 15.6 Å². The van der Waals surface area contributed by atoms with E-state index in [1.807, 2.05) is 13.0 Å². The number of nitro groups is 1. The van der Waals surface area contributed by atoms with Gasteiger partial charge in [-0.1, -0.05) is 12.8 Å². The lowest BCUT2D eigenvalue weighted by atomic mass is 9.76.